The molecule has 1 aliphatic rings. The average Bonchev–Trinajstić information content (AvgIpc) is 3.15. The summed E-state index contributed by atoms with van der Waals surface area (Å²) in [7, 11) is 0. The second-order valence-corrected chi connectivity index (χ2v) is 6.79. The molecule has 6 nitrogen and oxygen atoms in total. The zero-order valence-corrected chi connectivity index (χ0v) is 14.5. The summed E-state index contributed by atoms with van der Waals surface area (Å²) in [5.41, 5.74) is 5.33. The summed E-state index contributed by atoms with van der Waals surface area (Å²) in [6, 6.07) is 4.44. The number of piperidine rings is 1. The zero-order valence-electron chi connectivity index (χ0n) is 14.5. The van der Waals surface area contributed by atoms with Crippen molar-refractivity contribution in [1.29, 1.82) is 0 Å². The van der Waals surface area contributed by atoms with E-state index in [-0.39, 0.29) is 0 Å². The Balaban J connectivity index is 1.66. The van der Waals surface area contributed by atoms with Gasteiger partial charge in [0.25, 0.3) is 0 Å². The van der Waals surface area contributed by atoms with E-state index in [1.807, 2.05) is 24.6 Å². The molecule has 0 amide bonds. The molecule has 24 heavy (non-hydrogen) atoms. The van der Waals surface area contributed by atoms with Crippen molar-refractivity contribution >= 4 is 5.65 Å². The molecule has 6 heteroatoms. The number of aryl methyl sites for hydroxylation is 3. The predicted molar refractivity (Wildman–Crippen MR) is 90.7 cm³/mol. The summed E-state index contributed by atoms with van der Waals surface area (Å²) in [6.07, 6.45) is 5.53. The van der Waals surface area contributed by atoms with Gasteiger partial charge in [0.05, 0.1) is 12.2 Å². The highest BCUT2D eigenvalue weighted by molar-refractivity contribution is 5.48. The molecule has 1 aliphatic heterocycles. The Kier molecular flexibility index (Phi) is 3.84. The van der Waals surface area contributed by atoms with E-state index < -0.39 is 0 Å². The number of nitrogens with zero attached hydrogens (tertiary/aromatic N) is 5. The Hall–Kier alpha value is -2.21. The van der Waals surface area contributed by atoms with Crippen LogP contribution >= 0.6 is 0 Å². The molecule has 0 aromatic carbocycles. The molecule has 3 aromatic heterocycles. The highest BCUT2D eigenvalue weighted by atomic mass is 16.5. The molecule has 3 aromatic rings. The topological polar surface area (TPSA) is 59.5 Å². The van der Waals surface area contributed by atoms with Gasteiger partial charge < -0.3 is 4.52 Å². The van der Waals surface area contributed by atoms with Crippen molar-refractivity contribution in [2.24, 2.45) is 0 Å². The van der Waals surface area contributed by atoms with Crippen molar-refractivity contribution in [3.05, 3.63) is 46.7 Å². The van der Waals surface area contributed by atoms with E-state index in [4.69, 9.17) is 9.51 Å². The largest absolute Gasteiger partial charge is 0.361 e. The van der Waals surface area contributed by atoms with E-state index >= 15 is 0 Å². The third-order valence-electron chi connectivity index (χ3n) is 4.83. The number of aromatic nitrogens is 4. The Morgan fingerprint density at radius 2 is 2.08 bits per heavy atom. The van der Waals surface area contributed by atoms with Gasteiger partial charge in [0.2, 0.25) is 0 Å². The summed E-state index contributed by atoms with van der Waals surface area (Å²) < 4.78 is 7.23. The highest BCUT2D eigenvalue weighted by Crippen LogP contribution is 2.32. The lowest BCUT2D eigenvalue weighted by atomic mass is 9.98. The molecule has 1 atom stereocenters. The quantitative estimate of drug-likeness (QED) is 0.739. The fourth-order valence-electron chi connectivity index (χ4n) is 3.70. The normalized spacial score (nSPS) is 19.2. The van der Waals surface area contributed by atoms with E-state index in [2.05, 4.69) is 34.2 Å². The van der Waals surface area contributed by atoms with E-state index in [1.165, 1.54) is 18.4 Å². The first-order valence-electron chi connectivity index (χ1n) is 8.60. The molecule has 1 saturated heterocycles. The van der Waals surface area contributed by atoms with Crippen LogP contribution in [0.25, 0.3) is 5.65 Å². The fraction of sp³-hybridized carbons (Fsp3) is 0.500. The Morgan fingerprint density at radius 3 is 2.88 bits per heavy atom. The van der Waals surface area contributed by atoms with Gasteiger partial charge in [-0.1, -0.05) is 11.6 Å². The number of hydrogen-bond donors (Lipinski definition) is 0. The first-order chi connectivity index (χ1) is 11.6. The molecule has 126 valence electrons. The number of fused-ring (bicyclic) bond motifs is 1. The van der Waals surface area contributed by atoms with Gasteiger partial charge in [-0.3, -0.25) is 4.90 Å². The Morgan fingerprint density at radius 1 is 1.21 bits per heavy atom. The third kappa shape index (κ3) is 2.71. The van der Waals surface area contributed by atoms with E-state index in [1.54, 1.807) is 0 Å². The summed E-state index contributed by atoms with van der Waals surface area (Å²) in [4.78, 5) is 7.19. The van der Waals surface area contributed by atoms with Crippen LogP contribution in [-0.2, 0) is 6.54 Å². The van der Waals surface area contributed by atoms with Crippen molar-refractivity contribution in [3.8, 4) is 0 Å². The second-order valence-electron chi connectivity index (χ2n) is 6.79. The monoisotopic (exact) mass is 325 g/mol. The van der Waals surface area contributed by atoms with Gasteiger partial charge in [0, 0.05) is 29.6 Å². The van der Waals surface area contributed by atoms with E-state index in [0.717, 1.165) is 48.0 Å². The van der Waals surface area contributed by atoms with Crippen molar-refractivity contribution < 1.29 is 4.52 Å². The van der Waals surface area contributed by atoms with Crippen LogP contribution in [0.5, 0.6) is 0 Å². The lowest BCUT2D eigenvalue weighted by Gasteiger charge is -2.34. The van der Waals surface area contributed by atoms with Gasteiger partial charge in [-0.2, -0.15) is 5.10 Å². The van der Waals surface area contributed by atoms with Gasteiger partial charge >= 0.3 is 0 Å². The van der Waals surface area contributed by atoms with Gasteiger partial charge in [-0.25, -0.2) is 9.50 Å². The Bertz CT molecular complexity index is 866. The molecule has 0 N–H and O–H groups in total. The number of rotatable bonds is 3. The van der Waals surface area contributed by atoms with E-state index in [0.29, 0.717) is 6.04 Å². The maximum Gasteiger partial charge on any atom is 0.159 e. The molecular weight excluding hydrogens is 302 g/mol. The number of likely N-dealkylation sites (tertiary alicyclic amines) is 1. The molecule has 0 radical (unpaired) electrons. The van der Waals surface area contributed by atoms with Gasteiger partial charge in [0.1, 0.15) is 11.5 Å². The molecule has 4 heterocycles. The molecular formula is C18H23N5O. The maximum atomic E-state index is 5.30. The highest BCUT2D eigenvalue weighted by Gasteiger charge is 2.27. The van der Waals surface area contributed by atoms with Crippen LogP contribution in [0.2, 0.25) is 0 Å². The molecule has 1 fully saturated rings. The molecule has 0 unspecified atom stereocenters. The third-order valence-corrected chi connectivity index (χ3v) is 4.83. The molecule has 0 aliphatic carbocycles. The smallest absolute Gasteiger partial charge is 0.159 e. The Labute approximate surface area is 141 Å². The van der Waals surface area contributed by atoms with Crippen LogP contribution in [0.15, 0.2) is 22.9 Å². The molecule has 0 spiro atoms. The zero-order chi connectivity index (χ0) is 16.7. The molecule has 0 saturated carbocycles. The minimum atomic E-state index is 0.317. The second kappa shape index (κ2) is 6.02. The van der Waals surface area contributed by atoms with Crippen molar-refractivity contribution in [2.75, 3.05) is 6.54 Å². The van der Waals surface area contributed by atoms with Crippen LogP contribution in [0.1, 0.15) is 53.7 Å². The van der Waals surface area contributed by atoms with Crippen LogP contribution < -0.4 is 0 Å². The standard InChI is InChI=1S/C18H23N5O/c1-12-8-13(2)23-18(20-12)15(10-19-23)11-22-7-5-4-6-17(22)16-9-14(3)24-21-16/h8-10,17H,4-7,11H2,1-3H3/t17-/m1/s1. The van der Waals surface area contributed by atoms with Crippen molar-refractivity contribution in [3.63, 3.8) is 0 Å². The first kappa shape index (κ1) is 15.3. The van der Waals surface area contributed by atoms with Gasteiger partial charge in [-0.05, 0) is 46.2 Å². The summed E-state index contributed by atoms with van der Waals surface area (Å²) in [5, 5.41) is 8.78. The minimum Gasteiger partial charge on any atom is -0.361 e. The summed E-state index contributed by atoms with van der Waals surface area (Å²) >= 11 is 0. The average molecular weight is 325 g/mol. The van der Waals surface area contributed by atoms with Gasteiger partial charge in [-0.15, -0.1) is 0 Å². The van der Waals surface area contributed by atoms with E-state index in [9.17, 15) is 0 Å². The lowest BCUT2D eigenvalue weighted by Crippen LogP contribution is -2.33. The summed E-state index contributed by atoms with van der Waals surface area (Å²) in [5.74, 6) is 0.874. The summed E-state index contributed by atoms with van der Waals surface area (Å²) in [6.45, 7) is 7.96. The van der Waals surface area contributed by atoms with Gasteiger partial charge in [0.15, 0.2) is 5.65 Å². The fourth-order valence-corrected chi connectivity index (χ4v) is 3.70. The number of hydrogen-bond acceptors (Lipinski definition) is 5. The first-order valence-corrected chi connectivity index (χ1v) is 8.60. The van der Waals surface area contributed by atoms with Crippen LogP contribution in [-0.4, -0.2) is 31.2 Å². The lowest BCUT2D eigenvalue weighted by molar-refractivity contribution is 0.134. The van der Waals surface area contributed by atoms with Crippen LogP contribution in [0, 0.1) is 20.8 Å². The maximum absolute atomic E-state index is 5.30. The van der Waals surface area contributed by atoms with Crippen molar-refractivity contribution in [1.82, 2.24) is 24.7 Å². The molecule has 0 bridgehead atoms. The minimum absolute atomic E-state index is 0.317. The van der Waals surface area contributed by atoms with Crippen molar-refractivity contribution in [2.45, 2.75) is 52.6 Å². The van der Waals surface area contributed by atoms with Crippen LogP contribution in [0.3, 0.4) is 0 Å². The SMILES string of the molecule is Cc1cc(C)n2ncc(CN3CCCC[C@@H]3c3cc(C)on3)c2n1. The van der Waals surface area contributed by atoms with Crippen LogP contribution in [0.4, 0.5) is 0 Å². The predicted octanol–water partition coefficient (Wildman–Crippen LogP) is 3.37. The molecule has 4 rings (SSSR count).